The molecule has 0 amide bonds. The van der Waals surface area contributed by atoms with Crippen molar-refractivity contribution in [3.63, 3.8) is 0 Å². The van der Waals surface area contributed by atoms with Gasteiger partial charge in [0.1, 0.15) is 4.34 Å². The molecule has 0 unspecified atom stereocenters. The molecule has 0 saturated carbocycles. The minimum Gasteiger partial charge on any atom is -0.463 e. The Kier molecular flexibility index (Phi) is 4.84. The van der Waals surface area contributed by atoms with Crippen molar-refractivity contribution in [1.29, 1.82) is 0 Å². The molecule has 0 aliphatic heterocycles. The molecule has 16 heavy (non-hydrogen) atoms. The first-order valence-electron chi connectivity index (χ1n) is 4.77. The molecule has 1 aromatic heterocycles. The molecule has 1 aromatic rings. The van der Waals surface area contributed by atoms with Crippen LogP contribution in [-0.4, -0.2) is 12.6 Å². The molecule has 1 heterocycles. The van der Waals surface area contributed by atoms with Crippen LogP contribution < -0.4 is 0 Å². The number of hydrogen-bond acceptors (Lipinski definition) is 3. The molecule has 0 atom stereocenters. The fourth-order valence-corrected chi connectivity index (χ4v) is 2.77. The highest BCUT2D eigenvalue weighted by molar-refractivity contribution is 7.20. The molecule has 0 saturated heterocycles. The molecule has 0 spiro atoms. The van der Waals surface area contributed by atoms with Crippen molar-refractivity contribution in [3.8, 4) is 0 Å². The lowest BCUT2D eigenvalue weighted by atomic mass is 10.1. The summed E-state index contributed by atoms with van der Waals surface area (Å²) in [4.78, 5) is 11.5. The first-order valence-corrected chi connectivity index (χ1v) is 6.34. The molecule has 88 valence electrons. The second kappa shape index (κ2) is 5.71. The molecule has 2 nitrogen and oxygen atoms in total. The molecule has 0 N–H and O–H groups in total. The summed E-state index contributed by atoms with van der Waals surface area (Å²) in [5.74, 6) is -0.321. The average molecular weight is 279 g/mol. The lowest BCUT2D eigenvalue weighted by molar-refractivity contribution is -0.138. The molecule has 0 bridgehead atoms. The Balaban J connectivity index is 3.08. The first-order chi connectivity index (χ1) is 7.47. The third kappa shape index (κ3) is 3.00. The quantitative estimate of drug-likeness (QED) is 0.605. The van der Waals surface area contributed by atoms with Crippen LogP contribution in [0.15, 0.2) is 11.6 Å². The molecule has 0 fully saturated rings. The number of esters is 1. The highest BCUT2D eigenvalue weighted by Crippen LogP contribution is 2.36. The maximum Gasteiger partial charge on any atom is 0.333 e. The zero-order valence-electron chi connectivity index (χ0n) is 9.27. The summed E-state index contributed by atoms with van der Waals surface area (Å²) in [6.45, 7) is 5.68. The zero-order chi connectivity index (χ0) is 12.3. The van der Waals surface area contributed by atoms with Crippen molar-refractivity contribution in [2.75, 3.05) is 6.61 Å². The van der Waals surface area contributed by atoms with Crippen LogP contribution in [0.3, 0.4) is 0 Å². The number of ether oxygens (including phenoxy) is 1. The minimum atomic E-state index is -0.321. The third-order valence-electron chi connectivity index (χ3n) is 2.20. The van der Waals surface area contributed by atoms with Gasteiger partial charge in [0.25, 0.3) is 0 Å². The van der Waals surface area contributed by atoms with E-state index in [-0.39, 0.29) is 5.97 Å². The summed E-state index contributed by atoms with van der Waals surface area (Å²) >= 11 is 13.1. The van der Waals surface area contributed by atoms with E-state index >= 15 is 0 Å². The van der Waals surface area contributed by atoms with Crippen LogP contribution >= 0.6 is 34.5 Å². The van der Waals surface area contributed by atoms with Crippen LogP contribution in [-0.2, 0) is 9.53 Å². The van der Waals surface area contributed by atoms with Crippen LogP contribution in [0.2, 0.25) is 8.67 Å². The van der Waals surface area contributed by atoms with Gasteiger partial charge in [0.05, 0.1) is 10.9 Å². The Bertz CT molecular complexity index is 435. The third-order valence-corrected chi connectivity index (χ3v) is 3.69. The predicted molar refractivity (Wildman–Crippen MR) is 69.2 cm³/mol. The Labute approximate surface area is 109 Å². The SMILES string of the molecule is CCOC(=O)/C(C)=C(/C)c1cc(Cl)sc1Cl. The van der Waals surface area contributed by atoms with E-state index in [1.807, 2.05) is 6.92 Å². The minimum absolute atomic E-state index is 0.321. The van der Waals surface area contributed by atoms with Gasteiger partial charge in [-0.05, 0) is 32.4 Å². The number of allylic oxidation sites excluding steroid dienone is 1. The Morgan fingerprint density at radius 2 is 2.06 bits per heavy atom. The average Bonchev–Trinajstić information content (AvgIpc) is 2.56. The molecular formula is C11H12Cl2O2S. The van der Waals surface area contributed by atoms with Crippen LogP contribution in [0.4, 0.5) is 0 Å². The lowest BCUT2D eigenvalue weighted by Gasteiger charge is -2.06. The summed E-state index contributed by atoms with van der Waals surface area (Å²) in [6.07, 6.45) is 0. The number of rotatable bonds is 3. The number of carbonyl (C=O) groups excluding carboxylic acids is 1. The standard InChI is InChI=1S/C11H12Cl2O2S/c1-4-15-11(14)7(3)6(2)8-5-9(12)16-10(8)13/h5H,4H2,1-3H3/b7-6-. The normalized spacial score (nSPS) is 12.3. The lowest BCUT2D eigenvalue weighted by Crippen LogP contribution is -2.06. The molecule has 0 aliphatic rings. The van der Waals surface area contributed by atoms with Crippen LogP contribution in [0.5, 0.6) is 0 Å². The Morgan fingerprint density at radius 3 is 2.50 bits per heavy atom. The number of carbonyl (C=O) groups is 1. The van der Waals surface area contributed by atoms with Crippen molar-refractivity contribution < 1.29 is 9.53 Å². The molecular weight excluding hydrogens is 267 g/mol. The summed E-state index contributed by atoms with van der Waals surface area (Å²) in [5, 5.41) is 0. The van der Waals surface area contributed by atoms with Gasteiger partial charge in [0.15, 0.2) is 0 Å². The van der Waals surface area contributed by atoms with Gasteiger partial charge in [-0.3, -0.25) is 0 Å². The predicted octanol–water partition coefficient (Wildman–Crippen LogP) is 4.41. The highest BCUT2D eigenvalue weighted by Gasteiger charge is 2.14. The van der Waals surface area contributed by atoms with Crippen molar-refractivity contribution >= 4 is 46.1 Å². The molecule has 0 aliphatic carbocycles. The first kappa shape index (κ1) is 13.6. The molecule has 5 heteroatoms. The zero-order valence-corrected chi connectivity index (χ0v) is 11.6. The fourth-order valence-electron chi connectivity index (χ4n) is 1.19. The smallest absolute Gasteiger partial charge is 0.333 e. The number of hydrogen-bond donors (Lipinski definition) is 0. The maximum atomic E-state index is 11.5. The fraction of sp³-hybridized carbons (Fsp3) is 0.364. The summed E-state index contributed by atoms with van der Waals surface area (Å²) in [5.41, 5.74) is 2.15. The van der Waals surface area contributed by atoms with E-state index in [4.69, 9.17) is 27.9 Å². The van der Waals surface area contributed by atoms with E-state index in [1.165, 1.54) is 11.3 Å². The van der Waals surface area contributed by atoms with Gasteiger partial charge in [-0.1, -0.05) is 23.2 Å². The van der Waals surface area contributed by atoms with Gasteiger partial charge >= 0.3 is 5.97 Å². The second-order valence-corrected chi connectivity index (χ2v) is 5.49. The van der Waals surface area contributed by atoms with Gasteiger partial charge in [0, 0.05) is 11.1 Å². The molecule has 1 rings (SSSR count). The van der Waals surface area contributed by atoms with Gasteiger partial charge < -0.3 is 4.74 Å². The van der Waals surface area contributed by atoms with Crippen LogP contribution in [0.1, 0.15) is 26.3 Å². The number of thiophene rings is 1. The van der Waals surface area contributed by atoms with Crippen molar-refractivity contribution in [1.82, 2.24) is 0 Å². The van der Waals surface area contributed by atoms with Crippen molar-refractivity contribution in [2.45, 2.75) is 20.8 Å². The molecule has 0 radical (unpaired) electrons. The van der Waals surface area contributed by atoms with Gasteiger partial charge in [-0.25, -0.2) is 4.79 Å². The van der Waals surface area contributed by atoms with E-state index in [1.54, 1.807) is 19.9 Å². The second-order valence-electron chi connectivity index (χ2n) is 3.21. The summed E-state index contributed by atoms with van der Waals surface area (Å²) in [7, 11) is 0. The van der Waals surface area contributed by atoms with E-state index in [0.717, 1.165) is 11.1 Å². The molecule has 0 aromatic carbocycles. The van der Waals surface area contributed by atoms with Crippen LogP contribution in [0.25, 0.3) is 5.57 Å². The Hall–Kier alpha value is -0.510. The topological polar surface area (TPSA) is 26.3 Å². The Morgan fingerprint density at radius 1 is 1.44 bits per heavy atom. The monoisotopic (exact) mass is 278 g/mol. The van der Waals surface area contributed by atoms with Crippen molar-refractivity contribution in [3.05, 3.63) is 25.9 Å². The van der Waals surface area contributed by atoms with Crippen molar-refractivity contribution in [2.24, 2.45) is 0 Å². The van der Waals surface area contributed by atoms with E-state index in [9.17, 15) is 4.79 Å². The van der Waals surface area contributed by atoms with E-state index in [0.29, 0.717) is 20.9 Å². The van der Waals surface area contributed by atoms with Gasteiger partial charge in [0.2, 0.25) is 0 Å². The maximum absolute atomic E-state index is 11.5. The largest absolute Gasteiger partial charge is 0.463 e. The van der Waals surface area contributed by atoms with E-state index in [2.05, 4.69) is 0 Å². The van der Waals surface area contributed by atoms with Crippen LogP contribution in [0, 0.1) is 0 Å². The van der Waals surface area contributed by atoms with Gasteiger partial charge in [-0.15, -0.1) is 11.3 Å². The van der Waals surface area contributed by atoms with E-state index < -0.39 is 0 Å². The summed E-state index contributed by atoms with van der Waals surface area (Å²) in [6, 6.07) is 1.76. The van der Waals surface area contributed by atoms with Gasteiger partial charge in [-0.2, -0.15) is 0 Å². The highest BCUT2D eigenvalue weighted by atomic mass is 35.5. The number of halogens is 2. The summed E-state index contributed by atoms with van der Waals surface area (Å²) < 4.78 is 6.12.